The van der Waals surface area contributed by atoms with Gasteiger partial charge in [-0.05, 0) is 25.2 Å². The van der Waals surface area contributed by atoms with E-state index in [0.717, 1.165) is 36.8 Å². The van der Waals surface area contributed by atoms with Crippen LogP contribution >= 0.6 is 11.6 Å². The Kier molecular flexibility index (Phi) is 4.21. The van der Waals surface area contributed by atoms with E-state index in [9.17, 15) is 0 Å². The summed E-state index contributed by atoms with van der Waals surface area (Å²) in [5.41, 5.74) is 1.09. The Morgan fingerprint density at radius 3 is 2.94 bits per heavy atom. The summed E-state index contributed by atoms with van der Waals surface area (Å²) in [4.78, 5) is 10.9. The van der Waals surface area contributed by atoms with Gasteiger partial charge in [0, 0.05) is 18.7 Å². The number of aromatic nitrogens is 2. The maximum atomic E-state index is 6.13. The Morgan fingerprint density at radius 2 is 2.24 bits per heavy atom. The summed E-state index contributed by atoms with van der Waals surface area (Å²) in [5.74, 6) is 1.87. The van der Waals surface area contributed by atoms with Crippen molar-refractivity contribution in [2.75, 3.05) is 18.0 Å². The van der Waals surface area contributed by atoms with Gasteiger partial charge >= 0.3 is 0 Å². The van der Waals surface area contributed by atoms with Crippen molar-refractivity contribution in [3.63, 3.8) is 0 Å². The Balaban J connectivity index is 2.15. The van der Waals surface area contributed by atoms with Crippen LogP contribution in [-0.4, -0.2) is 23.1 Å². The lowest BCUT2D eigenvalue weighted by molar-refractivity contribution is 0.529. The molecule has 3 nitrogen and oxygen atoms in total. The van der Waals surface area contributed by atoms with Gasteiger partial charge in [-0.2, -0.15) is 0 Å². The van der Waals surface area contributed by atoms with Crippen molar-refractivity contribution < 1.29 is 0 Å². The molecule has 0 bridgehead atoms. The highest BCUT2D eigenvalue weighted by Crippen LogP contribution is 2.29. The first-order chi connectivity index (χ1) is 8.26. The van der Waals surface area contributed by atoms with Gasteiger partial charge in [0.05, 0.1) is 0 Å². The first-order valence-electron chi connectivity index (χ1n) is 6.50. The second kappa shape index (κ2) is 5.67. The van der Waals surface area contributed by atoms with E-state index in [1.165, 1.54) is 19.3 Å². The van der Waals surface area contributed by atoms with Crippen molar-refractivity contribution in [3.8, 4) is 0 Å². The molecular formula is C13H20ClN3. The Morgan fingerprint density at radius 1 is 1.41 bits per heavy atom. The Labute approximate surface area is 108 Å². The molecule has 1 saturated heterocycles. The summed E-state index contributed by atoms with van der Waals surface area (Å²) in [6.45, 7) is 6.58. The molecule has 94 valence electrons. The lowest BCUT2D eigenvalue weighted by Gasteiger charge is -2.20. The molecule has 0 saturated carbocycles. The molecule has 4 heteroatoms. The highest BCUT2D eigenvalue weighted by molar-refractivity contribution is 6.30. The van der Waals surface area contributed by atoms with E-state index in [-0.39, 0.29) is 0 Å². The summed E-state index contributed by atoms with van der Waals surface area (Å²) in [5, 5.41) is 0.608. The first kappa shape index (κ1) is 12.6. The van der Waals surface area contributed by atoms with Gasteiger partial charge < -0.3 is 4.90 Å². The van der Waals surface area contributed by atoms with Crippen molar-refractivity contribution >= 4 is 17.4 Å². The number of rotatable bonds is 4. The fourth-order valence-corrected chi connectivity index (χ4v) is 2.89. The minimum absolute atomic E-state index is 0.608. The molecule has 0 spiro atoms. The highest BCUT2D eigenvalue weighted by Gasteiger charge is 2.25. The van der Waals surface area contributed by atoms with Crippen LogP contribution in [0.3, 0.4) is 0 Å². The zero-order valence-corrected chi connectivity index (χ0v) is 11.4. The number of halogens is 1. The fourth-order valence-electron chi connectivity index (χ4n) is 2.63. The smallest absolute Gasteiger partial charge is 0.137 e. The van der Waals surface area contributed by atoms with Gasteiger partial charge in [-0.25, -0.2) is 9.97 Å². The maximum absolute atomic E-state index is 6.13. The van der Waals surface area contributed by atoms with E-state index in [0.29, 0.717) is 5.15 Å². The summed E-state index contributed by atoms with van der Waals surface area (Å²) in [6, 6.07) is 0. The molecule has 0 radical (unpaired) electrons. The van der Waals surface area contributed by atoms with Crippen LogP contribution in [0.4, 0.5) is 5.82 Å². The quantitative estimate of drug-likeness (QED) is 0.771. The molecular weight excluding hydrogens is 234 g/mol. The summed E-state index contributed by atoms with van der Waals surface area (Å²) >= 11 is 6.13. The first-order valence-corrected chi connectivity index (χ1v) is 6.88. The molecule has 17 heavy (non-hydrogen) atoms. The summed E-state index contributed by atoms with van der Waals surface area (Å²) in [7, 11) is 0. The van der Waals surface area contributed by atoms with Crippen LogP contribution in [0.2, 0.25) is 5.15 Å². The molecule has 1 aliphatic heterocycles. The van der Waals surface area contributed by atoms with Gasteiger partial charge in [0.15, 0.2) is 0 Å². The highest BCUT2D eigenvalue weighted by atomic mass is 35.5. The second-order valence-electron chi connectivity index (χ2n) is 4.71. The third kappa shape index (κ3) is 2.71. The van der Waals surface area contributed by atoms with E-state index < -0.39 is 0 Å². The van der Waals surface area contributed by atoms with E-state index in [2.05, 4.69) is 28.7 Å². The van der Waals surface area contributed by atoms with Crippen molar-refractivity contribution in [3.05, 3.63) is 17.0 Å². The largest absolute Gasteiger partial charge is 0.356 e. The molecule has 0 amide bonds. The Bertz CT molecular complexity index is 381. The van der Waals surface area contributed by atoms with Crippen LogP contribution in [0.15, 0.2) is 6.33 Å². The normalized spacial score (nSPS) is 19.9. The van der Waals surface area contributed by atoms with Gasteiger partial charge in [0.1, 0.15) is 17.3 Å². The standard InChI is InChI=1S/C13H20ClN3/c1-3-5-10-6-7-17(8-10)13-11(4-2)12(14)15-9-16-13/h9-10H,3-8H2,1-2H3. The van der Waals surface area contributed by atoms with E-state index >= 15 is 0 Å². The minimum Gasteiger partial charge on any atom is -0.356 e. The molecule has 0 aromatic carbocycles. The second-order valence-corrected chi connectivity index (χ2v) is 5.07. The summed E-state index contributed by atoms with van der Waals surface area (Å²) in [6.07, 6.45) is 6.33. The molecule has 2 heterocycles. The molecule has 1 aliphatic rings. The van der Waals surface area contributed by atoms with Crippen LogP contribution in [0.25, 0.3) is 0 Å². The van der Waals surface area contributed by atoms with E-state index in [4.69, 9.17) is 11.6 Å². The van der Waals surface area contributed by atoms with Crippen LogP contribution in [0, 0.1) is 5.92 Å². The molecule has 1 atom stereocenters. The molecule has 1 unspecified atom stereocenters. The van der Waals surface area contributed by atoms with Gasteiger partial charge in [-0.15, -0.1) is 0 Å². The molecule has 2 rings (SSSR count). The lowest BCUT2D eigenvalue weighted by atomic mass is 10.0. The fraction of sp³-hybridized carbons (Fsp3) is 0.692. The maximum Gasteiger partial charge on any atom is 0.137 e. The average molecular weight is 254 g/mol. The van der Waals surface area contributed by atoms with Crippen molar-refractivity contribution in [1.82, 2.24) is 9.97 Å². The van der Waals surface area contributed by atoms with Gasteiger partial charge in [0.2, 0.25) is 0 Å². The van der Waals surface area contributed by atoms with Gasteiger partial charge in [-0.3, -0.25) is 0 Å². The van der Waals surface area contributed by atoms with Crippen molar-refractivity contribution in [1.29, 1.82) is 0 Å². The van der Waals surface area contributed by atoms with Gasteiger partial charge in [0.25, 0.3) is 0 Å². The molecule has 1 fully saturated rings. The number of nitrogens with zero attached hydrogens (tertiary/aromatic N) is 3. The molecule has 0 aliphatic carbocycles. The topological polar surface area (TPSA) is 29.0 Å². The number of hydrogen-bond acceptors (Lipinski definition) is 3. The number of anilines is 1. The average Bonchev–Trinajstić information content (AvgIpc) is 2.78. The van der Waals surface area contributed by atoms with E-state index in [1.54, 1.807) is 6.33 Å². The van der Waals surface area contributed by atoms with Crippen molar-refractivity contribution in [2.45, 2.75) is 39.5 Å². The zero-order valence-electron chi connectivity index (χ0n) is 10.6. The van der Waals surface area contributed by atoms with Crippen LogP contribution in [0.1, 0.15) is 38.7 Å². The van der Waals surface area contributed by atoms with Crippen LogP contribution in [0.5, 0.6) is 0 Å². The Hall–Kier alpha value is -0.830. The van der Waals surface area contributed by atoms with Gasteiger partial charge in [-0.1, -0.05) is 31.9 Å². The SMILES string of the molecule is CCCC1CCN(c2ncnc(Cl)c2CC)C1. The van der Waals surface area contributed by atoms with Crippen molar-refractivity contribution in [2.24, 2.45) is 5.92 Å². The molecule has 1 aromatic rings. The summed E-state index contributed by atoms with van der Waals surface area (Å²) < 4.78 is 0. The minimum atomic E-state index is 0.608. The molecule has 1 aromatic heterocycles. The third-order valence-electron chi connectivity index (χ3n) is 3.51. The van der Waals surface area contributed by atoms with E-state index in [1.807, 2.05) is 0 Å². The lowest BCUT2D eigenvalue weighted by Crippen LogP contribution is -2.22. The predicted molar refractivity (Wildman–Crippen MR) is 71.6 cm³/mol. The zero-order chi connectivity index (χ0) is 12.3. The number of hydrogen-bond donors (Lipinski definition) is 0. The molecule has 0 N–H and O–H groups in total. The predicted octanol–water partition coefficient (Wildman–Crippen LogP) is 3.32. The van der Waals surface area contributed by atoms with Crippen LogP contribution < -0.4 is 4.90 Å². The third-order valence-corrected chi connectivity index (χ3v) is 3.83. The van der Waals surface area contributed by atoms with Crippen LogP contribution in [-0.2, 0) is 6.42 Å². The monoisotopic (exact) mass is 253 g/mol.